The Morgan fingerprint density at radius 1 is 1.73 bits per heavy atom. The van der Waals surface area contributed by atoms with Gasteiger partial charge in [0.25, 0.3) is 0 Å². The Kier molecular flexibility index (Phi) is 5.91. The average Bonchev–Trinajstić information content (AvgIpc) is 2.06. The standard InChI is InChI=1S/C8H12ClNO/c1-3-8(11-2)5-4-7(9)6-10/h3,7-8H,1,4-5H2,2H3. The van der Waals surface area contributed by atoms with E-state index in [9.17, 15) is 0 Å². The van der Waals surface area contributed by atoms with E-state index >= 15 is 0 Å². The molecule has 0 heterocycles. The molecule has 0 aliphatic heterocycles. The molecule has 2 atom stereocenters. The van der Waals surface area contributed by atoms with E-state index in [0.29, 0.717) is 6.42 Å². The third-order valence-electron chi connectivity index (χ3n) is 1.41. The lowest BCUT2D eigenvalue weighted by atomic mass is 10.1. The van der Waals surface area contributed by atoms with Gasteiger partial charge in [-0.1, -0.05) is 6.08 Å². The predicted molar refractivity (Wildman–Crippen MR) is 45.5 cm³/mol. The maximum absolute atomic E-state index is 8.34. The molecule has 0 radical (unpaired) electrons. The van der Waals surface area contributed by atoms with Gasteiger partial charge in [0, 0.05) is 7.11 Å². The highest BCUT2D eigenvalue weighted by Crippen LogP contribution is 2.08. The number of alkyl halides is 1. The number of halogens is 1. The summed E-state index contributed by atoms with van der Waals surface area (Å²) in [6.07, 6.45) is 3.12. The van der Waals surface area contributed by atoms with E-state index in [1.165, 1.54) is 0 Å². The molecule has 0 aliphatic carbocycles. The summed E-state index contributed by atoms with van der Waals surface area (Å²) in [4.78, 5) is 0. The Hall–Kier alpha value is -0.520. The summed E-state index contributed by atoms with van der Waals surface area (Å²) in [7, 11) is 1.61. The molecule has 3 heteroatoms. The highest BCUT2D eigenvalue weighted by atomic mass is 35.5. The van der Waals surface area contributed by atoms with Crippen LogP contribution in [0.3, 0.4) is 0 Å². The van der Waals surface area contributed by atoms with Crippen molar-refractivity contribution in [3.8, 4) is 6.07 Å². The molecule has 0 fully saturated rings. The molecule has 0 aliphatic rings. The van der Waals surface area contributed by atoms with Gasteiger partial charge in [0.15, 0.2) is 0 Å². The van der Waals surface area contributed by atoms with E-state index < -0.39 is 5.38 Å². The summed E-state index contributed by atoms with van der Waals surface area (Å²) in [6, 6.07) is 1.94. The summed E-state index contributed by atoms with van der Waals surface area (Å²) in [6.45, 7) is 3.58. The molecule has 0 saturated heterocycles. The van der Waals surface area contributed by atoms with Crippen molar-refractivity contribution in [1.29, 1.82) is 5.26 Å². The molecule has 0 aromatic rings. The van der Waals surface area contributed by atoms with Crippen molar-refractivity contribution in [2.45, 2.75) is 24.3 Å². The van der Waals surface area contributed by atoms with Gasteiger partial charge in [-0.25, -0.2) is 0 Å². The largest absolute Gasteiger partial charge is 0.377 e. The minimum absolute atomic E-state index is 0.0181. The maximum atomic E-state index is 8.34. The fourth-order valence-corrected chi connectivity index (χ4v) is 0.833. The van der Waals surface area contributed by atoms with Crippen LogP contribution in [-0.4, -0.2) is 18.6 Å². The van der Waals surface area contributed by atoms with Crippen LogP contribution in [0.5, 0.6) is 0 Å². The fourth-order valence-electron chi connectivity index (χ4n) is 0.707. The van der Waals surface area contributed by atoms with Gasteiger partial charge < -0.3 is 4.74 Å². The summed E-state index contributed by atoms with van der Waals surface area (Å²) in [5.74, 6) is 0. The highest BCUT2D eigenvalue weighted by Gasteiger charge is 2.06. The smallest absolute Gasteiger partial charge is 0.120 e. The van der Waals surface area contributed by atoms with E-state index in [-0.39, 0.29) is 6.10 Å². The number of nitrogens with zero attached hydrogens (tertiary/aromatic N) is 1. The van der Waals surface area contributed by atoms with Crippen LogP contribution in [0.25, 0.3) is 0 Å². The third kappa shape index (κ3) is 4.83. The SMILES string of the molecule is C=CC(CCC(Cl)C#N)OC. The Morgan fingerprint density at radius 2 is 2.36 bits per heavy atom. The fraction of sp³-hybridized carbons (Fsp3) is 0.625. The van der Waals surface area contributed by atoms with Crippen molar-refractivity contribution < 1.29 is 4.74 Å². The van der Waals surface area contributed by atoms with E-state index in [1.807, 2.05) is 6.07 Å². The van der Waals surface area contributed by atoms with Gasteiger partial charge in [-0.15, -0.1) is 18.2 Å². The molecule has 0 saturated carbocycles. The monoisotopic (exact) mass is 173 g/mol. The summed E-state index contributed by atoms with van der Waals surface area (Å²) >= 11 is 5.57. The zero-order valence-electron chi connectivity index (χ0n) is 6.59. The first kappa shape index (κ1) is 10.5. The molecule has 11 heavy (non-hydrogen) atoms. The van der Waals surface area contributed by atoms with Gasteiger partial charge in [0.2, 0.25) is 0 Å². The van der Waals surface area contributed by atoms with Gasteiger partial charge in [0.1, 0.15) is 5.38 Å². The molecule has 2 nitrogen and oxygen atoms in total. The van der Waals surface area contributed by atoms with Crippen molar-refractivity contribution in [1.82, 2.24) is 0 Å². The first-order chi connectivity index (χ1) is 5.24. The maximum Gasteiger partial charge on any atom is 0.120 e. The number of rotatable bonds is 5. The Balaban J connectivity index is 3.52. The molecule has 0 bridgehead atoms. The van der Waals surface area contributed by atoms with Gasteiger partial charge in [-0.2, -0.15) is 5.26 Å². The second-order valence-corrected chi connectivity index (χ2v) is 2.71. The van der Waals surface area contributed by atoms with Crippen molar-refractivity contribution >= 4 is 11.6 Å². The molecule has 0 aromatic heterocycles. The van der Waals surface area contributed by atoms with Crippen LogP contribution in [0.4, 0.5) is 0 Å². The van der Waals surface area contributed by atoms with Crippen LogP contribution >= 0.6 is 11.6 Å². The lowest BCUT2D eigenvalue weighted by molar-refractivity contribution is 0.132. The van der Waals surface area contributed by atoms with E-state index in [2.05, 4.69) is 6.58 Å². The Bertz CT molecular complexity index is 153. The molecule has 2 unspecified atom stereocenters. The van der Waals surface area contributed by atoms with Crippen LogP contribution in [0, 0.1) is 11.3 Å². The third-order valence-corrected chi connectivity index (χ3v) is 1.73. The van der Waals surface area contributed by atoms with Crippen LogP contribution in [0.15, 0.2) is 12.7 Å². The highest BCUT2D eigenvalue weighted by molar-refractivity contribution is 6.22. The first-order valence-electron chi connectivity index (χ1n) is 3.43. The van der Waals surface area contributed by atoms with Crippen molar-refractivity contribution in [2.75, 3.05) is 7.11 Å². The van der Waals surface area contributed by atoms with Crippen LogP contribution in [-0.2, 0) is 4.74 Å². The molecule has 0 N–H and O–H groups in total. The lowest BCUT2D eigenvalue weighted by Crippen LogP contribution is -2.08. The van der Waals surface area contributed by atoms with Gasteiger partial charge in [0.05, 0.1) is 12.2 Å². The molecule has 0 rings (SSSR count). The topological polar surface area (TPSA) is 33.0 Å². The average molecular weight is 174 g/mol. The van der Waals surface area contributed by atoms with Crippen LogP contribution in [0.1, 0.15) is 12.8 Å². The number of hydrogen-bond acceptors (Lipinski definition) is 2. The second kappa shape index (κ2) is 6.21. The van der Waals surface area contributed by atoms with Crippen LogP contribution in [0.2, 0.25) is 0 Å². The summed E-state index contributed by atoms with van der Waals surface area (Å²) < 4.78 is 5.01. The Morgan fingerprint density at radius 3 is 2.73 bits per heavy atom. The number of ether oxygens (including phenoxy) is 1. The van der Waals surface area contributed by atoms with E-state index in [4.69, 9.17) is 21.6 Å². The van der Waals surface area contributed by atoms with Gasteiger partial charge in [-0.3, -0.25) is 0 Å². The predicted octanol–water partition coefficient (Wildman–Crippen LogP) is 2.10. The molecule has 0 spiro atoms. The quantitative estimate of drug-likeness (QED) is 0.471. The van der Waals surface area contributed by atoms with Crippen LogP contribution < -0.4 is 0 Å². The first-order valence-corrected chi connectivity index (χ1v) is 3.87. The molecule has 0 amide bonds. The summed E-state index contributed by atoms with van der Waals surface area (Å²) in [5.41, 5.74) is 0. The minimum atomic E-state index is -0.410. The number of hydrogen-bond donors (Lipinski definition) is 0. The second-order valence-electron chi connectivity index (χ2n) is 2.18. The lowest BCUT2D eigenvalue weighted by Gasteiger charge is -2.09. The molecular formula is C8H12ClNO. The number of nitriles is 1. The Labute approximate surface area is 72.4 Å². The zero-order chi connectivity index (χ0) is 8.69. The van der Waals surface area contributed by atoms with E-state index in [1.54, 1.807) is 13.2 Å². The number of methoxy groups -OCH3 is 1. The van der Waals surface area contributed by atoms with Gasteiger partial charge in [-0.05, 0) is 12.8 Å². The molecular weight excluding hydrogens is 162 g/mol. The van der Waals surface area contributed by atoms with E-state index in [0.717, 1.165) is 6.42 Å². The molecule has 62 valence electrons. The minimum Gasteiger partial charge on any atom is -0.377 e. The van der Waals surface area contributed by atoms with Crippen molar-refractivity contribution in [3.05, 3.63) is 12.7 Å². The van der Waals surface area contributed by atoms with Crippen molar-refractivity contribution in [3.63, 3.8) is 0 Å². The molecule has 0 aromatic carbocycles. The normalized spacial score (nSPS) is 15.0. The van der Waals surface area contributed by atoms with Crippen molar-refractivity contribution in [2.24, 2.45) is 0 Å². The zero-order valence-corrected chi connectivity index (χ0v) is 7.34. The summed E-state index contributed by atoms with van der Waals surface area (Å²) in [5, 5.41) is 7.93. The van der Waals surface area contributed by atoms with Gasteiger partial charge >= 0.3 is 0 Å².